The number of morpholine rings is 1. The standard InChI is InChI=1S/C16H22N4O3/c17-16(19-5-7-23-8-6-19)18-3-4-20-14(21)12-10-1-2-11(9-10)13(12)15(20)22/h1-2,10-13H,3-9H2,(H2,17,18). The summed E-state index contributed by atoms with van der Waals surface area (Å²) in [7, 11) is 0. The van der Waals surface area contributed by atoms with Crippen LogP contribution in [-0.2, 0) is 14.3 Å². The number of fused-ring (bicyclic) bond motifs is 5. The average Bonchev–Trinajstić information content (AvgIpc) is 3.25. The number of guanidine groups is 1. The van der Waals surface area contributed by atoms with Gasteiger partial charge in [0, 0.05) is 19.6 Å². The number of hydrogen-bond acceptors (Lipinski definition) is 4. The Balaban J connectivity index is 1.37. The lowest BCUT2D eigenvalue weighted by Gasteiger charge is -2.27. The smallest absolute Gasteiger partial charge is 0.233 e. The van der Waals surface area contributed by atoms with Crippen LogP contribution in [0.25, 0.3) is 0 Å². The number of nitrogens with zero attached hydrogens (tertiary/aromatic N) is 3. The SMILES string of the molecule is NC(=NCCN1C(=O)C2C3C=CC(C3)C2C1=O)N1CCOCC1. The van der Waals surface area contributed by atoms with E-state index in [4.69, 9.17) is 10.5 Å². The lowest BCUT2D eigenvalue weighted by Crippen LogP contribution is -2.45. The van der Waals surface area contributed by atoms with Gasteiger partial charge < -0.3 is 15.4 Å². The Labute approximate surface area is 135 Å². The van der Waals surface area contributed by atoms with Gasteiger partial charge in [-0.05, 0) is 18.3 Å². The van der Waals surface area contributed by atoms with Crippen LogP contribution in [-0.4, -0.2) is 67.0 Å². The van der Waals surface area contributed by atoms with Crippen molar-refractivity contribution in [2.75, 3.05) is 39.4 Å². The van der Waals surface area contributed by atoms with Gasteiger partial charge in [-0.1, -0.05) is 12.2 Å². The zero-order valence-electron chi connectivity index (χ0n) is 13.1. The third-order valence-corrected chi connectivity index (χ3v) is 5.49. The monoisotopic (exact) mass is 318 g/mol. The molecule has 0 spiro atoms. The van der Waals surface area contributed by atoms with Gasteiger partial charge in [0.1, 0.15) is 0 Å². The summed E-state index contributed by atoms with van der Waals surface area (Å²) < 4.78 is 5.28. The molecule has 2 heterocycles. The molecule has 2 saturated heterocycles. The van der Waals surface area contributed by atoms with Crippen LogP contribution in [0.4, 0.5) is 0 Å². The highest BCUT2D eigenvalue weighted by Crippen LogP contribution is 2.52. The van der Waals surface area contributed by atoms with E-state index in [9.17, 15) is 9.59 Å². The fourth-order valence-electron chi connectivity index (χ4n) is 4.34. The van der Waals surface area contributed by atoms with Crippen molar-refractivity contribution in [1.82, 2.24) is 9.80 Å². The normalized spacial score (nSPS) is 36.3. The van der Waals surface area contributed by atoms with Crippen LogP contribution in [0.3, 0.4) is 0 Å². The van der Waals surface area contributed by atoms with Crippen molar-refractivity contribution in [3.05, 3.63) is 12.2 Å². The molecular formula is C16H22N4O3. The number of carbonyl (C=O) groups is 2. The first-order valence-electron chi connectivity index (χ1n) is 8.33. The van der Waals surface area contributed by atoms with Crippen LogP contribution in [0, 0.1) is 23.7 Å². The molecule has 3 fully saturated rings. The highest BCUT2D eigenvalue weighted by molar-refractivity contribution is 6.06. The van der Waals surface area contributed by atoms with Crippen molar-refractivity contribution in [1.29, 1.82) is 0 Å². The Bertz CT molecular complexity index is 552. The number of amides is 2. The maximum absolute atomic E-state index is 12.5. The fraction of sp³-hybridized carbons (Fsp3) is 0.688. The van der Waals surface area contributed by atoms with Crippen molar-refractivity contribution >= 4 is 17.8 Å². The molecule has 124 valence electrons. The predicted molar refractivity (Wildman–Crippen MR) is 83.3 cm³/mol. The molecule has 7 heteroatoms. The molecular weight excluding hydrogens is 296 g/mol. The number of imide groups is 1. The minimum Gasteiger partial charge on any atom is -0.378 e. The molecule has 4 rings (SSSR count). The molecule has 2 bridgehead atoms. The molecule has 1 saturated carbocycles. The first kappa shape index (κ1) is 14.7. The van der Waals surface area contributed by atoms with Gasteiger partial charge in [-0.15, -0.1) is 0 Å². The van der Waals surface area contributed by atoms with E-state index in [-0.39, 0.29) is 35.5 Å². The summed E-state index contributed by atoms with van der Waals surface area (Å²) in [6.07, 6.45) is 5.17. The lowest BCUT2D eigenvalue weighted by atomic mass is 9.85. The van der Waals surface area contributed by atoms with Gasteiger partial charge in [0.2, 0.25) is 11.8 Å². The largest absolute Gasteiger partial charge is 0.378 e. The molecule has 0 aromatic heterocycles. The minimum atomic E-state index is -0.127. The number of allylic oxidation sites excluding steroid dienone is 2. The molecule has 2 amide bonds. The third-order valence-electron chi connectivity index (χ3n) is 5.49. The lowest BCUT2D eigenvalue weighted by molar-refractivity contribution is -0.140. The summed E-state index contributed by atoms with van der Waals surface area (Å²) >= 11 is 0. The van der Waals surface area contributed by atoms with Gasteiger partial charge in [0.25, 0.3) is 0 Å². The van der Waals surface area contributed by atoms with E-state index in [1.807, 2.05) is 4.90 Å². The molecule has 4 unspecified atom stereocenters. The molecule has 23 heavy (non-hydrogen) atoms. The fourth-order valence-corrected chi connectivity index (χ4v) is 4.34. The van der Waals surface area contributed by atoms with E-state index >= 15 is 0 Å². The van der Waals surface area contributed by atoms with Crippen molar-refractivity contribution in [3.63, 3.8) is 0 Å². The second-order valence-electron chi connectivity index (χ2n) is 6.67. The number of ether oxygens (including phenoxy) is 1. The summed E-state index contributed by atoms with van der Waals surface area (Å²) in [5.74, 6) is 0.696. The first-order valence-corrected chi connectivity index (χ1v) is 8.33. The topological polar surface area (TPSA) is 88.2 Å². The summed E-state index contributed by atoms with van der Waals surface area (Å²) in [4.78, 5) is 32.8. The number of aliphatic imine (C=N–C) groups is 1. The number of rotatable bonds is 3. The minimum absolute atomic E-state index is 0.0167. The van der Waals surface area contributed by atoms with Crippen LogP contribution in [0.2, 0.25) is 0 Å². The van der Waals surface area contributed by atoms with Crippen LogP contribution >= 0.6 is 0 Å². The quantitative estimate of drug-likeness (QED) is 0.326. The summed E-state index contributed by atoms with van der Waals surface area (Å²) in [6.45, 7) is 3.46. The summed E-state index contributed by atoms with van der Waals surface area (Å²) in [5.41, 5.74) is 5.97. The number of hydrogen-bond donors (Lipinski definition) is 1. The van der Waals surface area contributed by atoms with Gasteiger partial charge in [-0.3, -0.25) is 19.5 Å². The third kappa shape index (κ3) is 2.34. The summed E-state index contributed by atoms with van der Waals surface area (Å²) in [6, 6.07) is 0. The van der Waals surface area contributed by atoms with Crippen LogP contribution in [0.15, 0.2) is 17.1 Å². The predicted octanol–water partition coefficient (Wildman–Crippen LogP) is -0.560. The van der Waals surface area contributed by atoms with Crippen molar-refractivity contribution in [2.45, 2.75) is 6.42 Å². The van der Waals surface area contributed by atoms with E-state index < -0.39 is 0 Å². The van der Waals surface area contributed by atoms with Crippen molar-refractivity contribution in [2.24, 2.45) is 34.4 Å². The average molecular weight is 318 g/mol. The molecule has 4 aliphatic rings. The van der Waals surface area contributed by atoms with Gasteiger partial charge in [-0.2, -0.15) is 0 Å². The highest BCUT2D eigenvalue weighted by atomic mass is 16.5. The molecule has 0 aromatic rings. The van der Waals surface area contributed by atoms with Gasteiger partial charge in [0.15, 0.2) is 5.96 Å². The highest BCUT2D eigenvalue weighted by Gasteiger charge is 2.58. The van der Waals surface area contributed by atoms with Crippen molar-refractivity contribution in [3.8, 4) is 0 Å². The van der Waals surface area contributed by atoms with Gasteiger partial charge >= 0.3 is 0 Å². The van der Waals surface area contributed by atoms with Gasteiger partial charge in [0.05, 0.1) is 31.6 Å². The molecule has 7 nitrogen and oxygen atoms in total. The second kappa shape index (κ2) is 5.63. The number of nitrogens with two attached hydrogens (primary N) is 1. The molecule has 4 atom stereocenters. The van der Waals surface area contributed by atoms with Crippen LogP contribution in [0.5, 0.6) is 0 Å². The van der Waals surface area contributed by atoms with Crippen LogP contribution in [0.1, 0.15) is 6.42 Å². The molecule has 0 radical (unpaired) electrons. The number of carbonyl (C=O) groups excluding carboxylic acids is 2. The van der Waals surface area contributed by atoms with E-state index in [0.717, 1.165) is 19.5 Å². The van der Waals surface area contributed by atoms with E-state index in [1.165, 1.54) is 4.90 Å². The zero-order valence-corrected chi connectivity index (χ0v) is 13.1. The first-order chi connectivity index (χ1) is 11.2. The Morgan fingerprint density at radius 1 is 1.17 bits per heavy atom. The maximum atomic E-state index is 12.5. The van der Waals surface area contributed by atoms with Gasteiger partial charge in [-0.25, -0.2) is 0 Å². The molecule has 2 aliphatic heterocycles. The summed E-state index contributed by atoms with van der Waals surface area (Å²) in [5, 5.41) is 0. The Hall–Kier alpha value is -1.89. The Morgan fingerprint density at radius 3 is 2.39 bits per heavy atom. The Morgan fingerprint density at radius 2 is 1.78 bits per heavy atom. The molecule has 2 aliphatic carbocycles. The number of likely N-dealkylation sites (tertiary alicyclic amines) is 1. The zero-order chi connectivity index (χ0) is 16.0. The van der Waals surface area contributed by atoms with Crippen molar-refractivity contribution < 1.29 is 14.3 Å². The molecule has 0 aromatic carbocycles. The Kier molecular flexibility index (Phi) is 3.60. The van der Waals surface area contributed by atoms with Crippen LogP contribution < -0.4 is 5.73 Å². The van der Waals surface area contributed by atoms with E-state index in [1.54, 1.807) is 0 Å². The molecule has 2 N–H and O–H groups in total. The maximum Gasteiger partial charge on any atom is 0.233 e. The van der Waals surface area contributed by atoms with E-state index in [2.05, 4.69) is 17.1 Å². The van der Waals surface area contributed by atoms with E-state index in [0.29, 0.717) is 32.3 Å². The second-order valence-corrected chi connectivity index (χ2v) is 6.67.